The number of fused-ring (bicyclic) bond motifs is 1. The molecule has 0 radical (unpaired) electrons. The van der Waals surface area contributed by atoms with Crippen LogP contribution in [0, 0.1) is 0 Å². The summed E-state index contributed by atoms with van der Waals surface area (Å²) in [5, 5.41) is 19.8. The smallest absolute Gasteiger partial charge is 0.416 e. The molecule has 0 aliphatic carbocycles. The summed E-state index contributed by atoms with van der Waals surface area (Å²) in [5.74, 6) is 0.710. The third-order valence-electron chi connectivity index (χ3n) is 5.99. The minimum atomic E-state index is -4.52. The first-order valence-electron chi connectivity index (χ1n) is 12.0. The number of hydrogen-bond donors (Lipinski definition) is 3. The number of anilines is 2. The Morgan fingerprint density at radius 2 is 1.75 bits per heavy atom. The molecule has 0 saturated carbocycles. The maximum Gasteiger partial charge on any atom is 0.416 e. The second-order valence-electron chi connectivity index (χ2n) is 9.54. The molecule has 4 aromatic rings. The zero-order valence-corrected chi connectivity index (χ0v) is 22.6. The zero-order chi connectivity index (χ0) is 29.3. The van der Waals surface area contributed by atoms with Crippen molar-refractivity contribution in [3.8, 4) is 17.2 Å². The molecule has 0 spiro atoms. The number of nitrogens with one attached hydrogen (secondary N) is 1. The number of benzene rings is 3. The molecule has 40 heavy (non-hydrogen) atoms. The number of aromatic nitrogens is 2. The number of halogens is 3. The van der Waals surface area contributed by atoms with E-state index in [4.69, 9.17) is 14.6 Å². The van der Waals surface area contributed by atoms with Gasteiger partial charge in [-0.3, -0.25) is 0 Å². The fourth-order valence-electron chi connectivity index (χ4n) is 4.07. The monoisotopic (exact) mass is 576 g/mol. The van der Waals surface area contributed by atoms with Crippen LogP contribution >= 0.6 is 0 Å². The second kappa shape index (κ2) is 10.9. The van der Waals surface area contributed by atoms with Gasteiger partial charge in [-0.1, -0.05) is 6.07 Å². The number of rotatable bonds is 9. The molecule has 0 aliphatic rings. The topological polar surface area (TPSA) is 137 Å². The molecule has 0 atom stereocenters. The molecule has 4 N–H and O–H groups in total. The van der Waals surface area contributed by atoms with Gasteiger partial charge in [-0.25, -0.2) is 23.5 Å². The zero-order valence-electron chi connectivity index (χ0n) is 21.8. The van der Waals surface area contributed by atoms with Crippen LogP contribution in [-0.4, -0.2) is 36.4 Å². The maximum atomic E-state index is 13.1. The Morgan fingerprint density at radius 3 is 2.40 bits per heavy atom. The van der Waals surface area contributed by atoms with Crippen molar-refractivity contribution in [2.45, 2.75) is 32.0 Å². The highest BCUT2D eigenvalue weighted by atomic mass is 32.2. The molecule has 212 valence electrons. The normalized spacial score (nSPS) is 12.4. The Balaban J connectivity index is 1.71. The molecule has 0 fully saturated rings. The standard InChI is InChI=1S/C27H27F3N4O5S/c1-26(2,35)21-13-19(39-18-6-4-5-17(12-18)27(28,29)30)7-8-22(21)34-25-20-11-16(9-10-40(31,36)37)24(38-3)14-23(20)32-15-33-25/h4-8,11-15,35H,9-10H2,1-3H3,(H2,31,36,37)(H,32,33,34). The third-order valence-corrected chi connectivity index (χ3v) is 6.77. The number of primary sulfonamides is 1. The lowest BCUT2D eigenvalue weighted by Gasteiger charge is -2.23. The van der Waals surface area contributed by atoms with E-state index in [1.54, 1.807) is 38.1 Å². The Hall–Kier alpha value is -3.94. The largest absolute Gasteiger partial charge is 0.496 e. The lowest BCUT2D eigenvalue weighted by atomic mass is 9.96. The average Bonchev–Trinajstić information content (AvgIpc) is 2.86. The van der Waals surface area contributed by atoms with E-state index in [9.17, 15) is 26.7 Å². The van der Waals surface area contributed by atoms with E-state index in [1.807, 2.05) is 0 Å². The van der Waals surface area contributed by atoms with Gasteiger partial charge in [-0.05, 0) is 68.3 Å². The van der Waals surface area contributed by atoms with Crippen LogP contribution in [0.3, 0.4) is 0 Å². The van der Waals surface area contributed by atoms with Crippen molar-refractivity contribution in [2.24, 2.45) is 5.14 Å². The van der Waals surface area contributed by atoms with Crippen LogP contribution in [0.15, 0.2) is 60.9 Å². The number of nitrogens with two attached hydrogens (primary N) is 1. The van der Waals surface area contributed by atoms with Crippen LogP contribution in [0.4, 0.5) is 24.7 Å². The van der Waals surface area contributed by atoms with Gasteiger partial charge in [0.25, 0.3) is 0 Å². The van der Waals surface area contributed by atoms with Crippen LogP contribution in [0.1, 0.15) is 30.5 Å². The molecule has 0 saturated heterocycles. The highest BCUT2D eigenvalue weighted by Gasteiger charge is 2.30. The number of methoxy groups -OCH3 is 1. The van der Waals surface area contributed by atoms with E-state index in [0.29, 0.717) is 39.3 Å². The number of aliphatic hydroxyl groups is 1. The van der Waals surface area contributed by atoms with Gasteiger partial charge in [0.2, 0.25) is 10.0 Å². The van der Waals surface area contributed by atoms with E-state index >= 15 is 0 Å². The van der Waals surface area contributed by atoms with Gasteiger partial charge in [0, 0.05) is 22.7 Å². The van der Waals surface area contributed by atoms with Crippen LogP contribution in [0.25, 0.3) is 10.9 Å². The average molecular weight is 577 g/mol. The van der Waals surface area contributed by atoms with E-state index in [1.165, 1.54) is 31.6 Å². The highest BCUT2D eigenvalue weighted by molar-refractivity contribution is 7.89. The predicted molar refractivity (Wildman–Crippen MR) is 144 cm³/mol. The van der Waals surface area contributed by atoms with Gasteiger partial charge in [0.1, 0.15) is 29.4 Å². The molecule has 0 aliphatic heterocycles. The summed E-state index contributed by atoms with van der Waals surface area (Å²) < 4.78 is 73.5. The van der Waals surface area contributed by atoms with E-state index in [2.05, 4.69) is 15.3 Å². The van der Waals surface area contributed by atoms with Gasteiger partial charge >= 0.3 is 6.18 Å². The lowest BCUT2D eigenvalue weighted by molar-refractivity contribution is -0.137. The summed E-state index contributed by atoms with van der Waals surface area (Å²) in [6.07, 6.45) is -3.08. The quantitative estimate of drug-likeness (QED) is 0.246. The number of alkyl halides is 3. The van der Waals surface area contributed by atoms with Crippen molar-refractivity contribution in [1.29, 1.82) is 0 Å². The molecule has 3 aromatic carbocycles. The van der Waals surface area contributed by atoms with Gasteiger partial charge in [-0.2, -0.15) is 13.2 Å². The number of hydrogen-bond acceptors (Lipinski definition) is 8. The third kappa shape index (κ3) is 6.97. The molecule has 9 nitrogen and oxygen atoms in total. The van der Waals surface area contributed by atoms with E-state index in [-0.39, 0.29) is 23.7 Å². The Labute approximate surface area is 228 Å². The van der Waals surface area contributed by atoms with E-state index in [0.717, 1.165) is 12.1 Å². The SMILES string of the molecule is COc1cc2ncnc(Nc3ccc(Oc4cccc(C(F)(F)F)c4)cc3C(C)(C)O)c2cc1CCS(N)(=O)=O. The predicted octanol–water partition coefficient (Wildman–Crippen LogP) is 5.25. The number of nitrogens with zero attached hydrogens (tertiary/aromatic N) is 2. The molecule has 13 heteroatoms. The maximum absolute atomic E-state index is 13.1. The van der Waals surface area contributed by atoms with Gasteiger partial charge in [0.15, 0.2) is 0 Å². The Bertz CT molecular complexity index is 1650. The molecule has 4 rings (SSSR count). The molecule has 1 aromatic heterocycles. The number of sulfonamides is 1. The summed E-state index contributed by atoms with van der Waals surface area (Å²) in [7, 11) is -2.26. The van der Waals surface area contributed by atoms with Gasteiger partial charge in [-0.15, -0.1) is 0 Å². The molecule has 0 unspecified atom stereocenters. The Morgan fingerprint density at radius 1 is 1.02 bits per heavy atom. The van der Waals surface area contributed by atoms with Gasteiger partial charge in [0.05, 0.1) is 29.5 Å². The van der Waals surface area contributed by atoms with Crippen molar-refractivity contribution >= 4 is 32.4 Å². The van der Waals surface area contributed by atoms with Crippen molar-refractivity contribution in [3.05, 3.63) is 77.6 Å². The first kappa shape index (κ1) is 29.1. The van der Waals surface area contributed by atoms with Gasteiger partial charge < -0.3 is 19.9 Å². The second-order valence-corrected chi connectivity index (χ2v) is 11.3. The first-order chi connectivity index (χ1) is 18.6. The summed E-state index contributed by atoms with van der Waals surface area (Å²) in [5.41, 5.74) is -0.306. The van der Waals surface area contributed by atoms with Crippen molar-refractivity contribution in [3.63, 3.8) is 0 Å². The lowest BCUT2D eigenvalue weighted by Crippen LogP contribution is -2.18. The minimum Gasteiger partial charge on any atom is -0.496 e. The van der Waals surface area contributed by atoms with Crippen LogP contribution in [-0.2, 0) is 28.2 Å². The van der Waals surface area contributed by atoms with Crippen LogP contribution in [0.5, 0.6) is 17.2 Å². The van der Waals surface area contributed by atoms with Crippen LogP contribution < -0.4 is 19.9 Å². The Kier molecular flexibility index (Phi) is 7.92. The summed E-state index contributed by atoms with van der Waals surface area (Å²) in [4.78, 5) is 8.60. The summed E-state index contributed by atoms with van der Waals surface area (Å²) >= 11 is 0. The molecule has 0 bridgehead atoms. The van der Waals surface area contributed by atoms with E-state index < -0.39 is 27.4 Å². The summed E-state index contributed by atoms with van der Waals surface area (Å²) in [6.45, 7) is 3.10. The summed E-state index contributed by atoms with van der Waals surface area (Å²) in [6, 6.07) is 12.5. The highest BCUT2D eigenvalue weighted by Crippen LogP contribution is 2.37. The number of ether oxygens (including phenoxy) is 2. The molecule has 0 amide bonds. The molecular weight excluding hydrogens is 549 g/mol. The fraction of sp³-hybridized carbons (Fsp3) is 0.259. The van der Waals surface area contributed by atoms with Crippen molar-refractivity contribution < 1.29 is 36.2 Å². The van der Waals surface area contributed by atoms with Crippen molar-refractivity contribution in [2.75, 3.05) is 18.2 Å². The molecular formula is C27H27F3N4O5S. The number of aryl methyl sites for hydroxylation is 1. The van der Waals surface area contributed by atoms with Crippen LogP contribution in [0.2, 0.25) is 0 Å². The minimum absolute atomic E-state index is 0.0139. The molecule has 1 heterocycles. The van der Waals surface area contributed by atoms with Crippen molar-refractivity contribution in [1.82, 2.24) is 9.97 Å². The fourth-order valence-corrected chi connectivity index (χ4v) is 4.57. The first-order valence-corrected chi connectivity index (χ1v) is 13.7.